The minimum absolute atomic E-state index is 0.0786. The van der Waals surface area contributed by atoms with Crippen LogP contribution in [0.25, 0.3) is 0 Å². The summed E-state index contributed by atoms with van der Waals surface area (Å²) in [5.74, 6) is -1.37. The number of benzene rings is 1. The Kier molecular flexibility index (Phi) is 6.60. The standard InChI is InChI=1S/C13H12F6O3S/c1-2-21-11(20)6-4-8-3-5-9(22-12(14,15)16)7-10(8)23-13(17,18)19/h3,5,7H,2,4,6H2,1H3. The quantitative estimate of drug-likeness (QED) is 0.418. The lowest BCUT2D eigenvalue weighted by atomic mass is 10.1. The van der Waals surface area contributed by atoms with Crippen LogP contribution in [0.2, 0.25) is 0 Å². The third-order valence-corrected chi connectivity index (χ3v) is 3.23. The highest BCUT2D eigenvalue weighted by atomic mass is 32.2. The van der Waals surface area contributed by atoms with E-state index in [4.69, 9.17) is 0 Å². The molecule has 23 heavy (non-hydrogen) atoms. The van der Waals surface area contributed by atoms with Crippen LogP contribution >= 0.6 is 11.8 Å². The van der Waals surface area contributed by atoms with Crippen molar-refractivity contribution in [3.05, 3.63) is 23.8 Å². The van der Waals surface area contributed by atoms with Gasteiger partial charge in [0.15, 0.2) is 0 Å². The molecular formula is C13H12F6O3S. The molecule has 1 aromatic carbocycles. The maximum atomic E-state index is 12.5. The molecule has 0 saturated carbocycles. The van der Waals surface area contributed by atoms with E-state index in [9.17, 15) is 31.1 Å². The molecule has 1 aromatic rings. The van der Waals surface area contributed by atoms with Crippen LogP contribution in [0, 0.1) is 0 Å². The first-order valence-corrected chi connectivity index (χ1v) is 7.12. The van der Waals surface area contributed by atoms with Crippen LogP contribution in [0.5, 0.6) is 5.75 Å². The Morgan fingerprint density at radius 3 is 2.35 bits per heavy atom. The van der Waals surface area contributed by atoms with Gasteiger partial charge in [-0.25, -0.2) is 0 Å². The molecule has 0 N–H and O–H groups in total. The molecule has 0 spiro atoms. The molecule has 130 valence electrons. The lowest BCUT2D eigenvalue weighted by Crippen LogP contribution is -2.17. The maximum absolute atomic E-state index is 12.5. The first-order valence-electron chi connectivity index (χ1n) is 6.30. The summed E-state index contributed by atoms with van der Waals surface area (Å²) >= 11 is -0.567. The zero-order valence-electron chi connectivity index (χ0n) is 11.8. The molecule has 10 heteroatoms. The molecule has 0 radical (unpaired) electrons. The molecule has 0 aromatic heterocycles. The molecule has 0 bridgehead atoms. The Morgan fingerprint density at radius 2 is 1.83 bits per heavy atom. The minimum Gasteiger partial charge on any atom is -0.466 e. The number of hydrogen-bond acceptors (Lipinski definition) is 4. The summed E-state index contributed by atoms with van der Waals surface area (Å²) in [4.78, 5) is 10.8. The Morgan fingerprint density at radius 1 is 1.17 bits per heavy atom. The molecule has 0 heterocycles. The van der Waals surface area contributed by atoms with E-state index < -0.39 is 40.2 Å². The van der Waals surface area contributed by atoms with Crippen molar-refractivity contribution in [3.8, 4) is 5.75 Å². The van der Waals surface area contributed by atoms with Crippen molar-refractivity contribution in [2.75, 3.05) is 6.61 Å². The van der Waals surface area contributed by atoms with Crippen molar-refractivity contribution in [1.82, 2.24) is 0 Å². The lowest BCUT2D eigenvalue weighted by molar-refractivity contribution is -0.274. The number of thioether (sulfide) groups is 1. The molecule has 0 unspecified atom stereocenters. The summed E-state index contributed by atoms with van der Waals surface area (Å²) in [6, 6.07) is 2.61. The fourth-order valence-electron chi connectivity index (χ4n) is 1.63. The van der Waals surface area contributed by atoms with Crippen LogP contribution in [-0.2, 0) is 16.0 Å². The second-order valence-corrected chi connectivity index (χ2v) is 5.28. The van der Waals surface area contributed by atoms with E-state index in [0.717, 1.165) is 12.1 Å². The number of rotatable bonds is 6. The average Bonchev–Trinajstić information content (AvgIpc) is 2.34. The Balaban J connectivity index is 2.96. The molecular weight excluding hydrogens is 350 g/mol. The second kappa shape index (κ2) is 7.80. The molecule has 3 nitrogen and oxygen atoms in total. The highest BCUT2D eigenvalue weighted by Gasteiger charge is 2.33. The highest BCUT2D eigenvalue weighted by molar-refractivity contribution is 8.00. The Hall–Kier alpha value is -1.58. The molecule has 0 aliphatic carbocycles. The van der Waals surface area contributed by atoms with E-state index in [2.05, 4.69) is 9.47 Å². The summed E-state index contributed by atoms with van der Waals surface area (Å²) < 4.78 is 82.2. The highest BCUT2D eigenvalue weighted by Crippen LogP contribution is 2.41. The summed E-state index contributed by atoms with van der Waals surface area (Å²) in [5, 5.41) is 0. The van der Waals surface area contributed by atoms with E-state index in [1.165, 1.54) is 0 Å². The SMILES string of the molecule is CCOC(=O)CCc1ccc(OC(F)(F)F)cc1SC(F)(F)F. The van der Waals surface area contributed by atoms with Gasteiger partial charge in [-0.05, 0) is 42.8 Å². The summed E-state index contributed by atoms with van der Waals surface area (Å²) in [7, 11) is 0. The fourth-order valence-corrected chi connectivity index (χ4v) is 2.35. The van der Waals surface area contributed by atoms with Crippen LogP contribution in [0.3, 0.4) is 0 Å². The Labute approximate surface area is 131 Å². The number of carbonyl (C=O) groups is 1. The number of aryl methyl sites for hydroxylation is 1. The Bertz CT molecular complexity index is 541. The van der Waals surface area contributed by atoms with Gasteiger partial charge in [0.25, 0.3) is 0 Å². The molecule has 0 amide bonds. The third kappa shape index (κ3) is 8.00. The predicted molar refractivity (Wildman–Crippen MR) is 70.0 cm³/mol. The topological polar surface area (TPSA) is 35.5 Å². The van der Waals surface area contributed by atoms with Crippen molar-refractivity contribution < 1.29 is 40.6 Å². The second-order valence-electron chi connectivity index (χ2n) is 4.17. The van der Waals surface area contributed by atoms with Gasteiger partial charge in [0, 0.05) is 11.3 Å². The number of halogens is 6. The van der Waals surface area contributed by atoms with Crippen LogP contribution in [-0.4, -0.2) is 24.4 Å². The first kappa shape index (κ1) is 19.5. The van der Waals surface area contributed by atoms with Crippen LogP contribution in [0.4, 0.5) is 26.3 Å². The predicted octanol–water partition coefficient (Wildman–Crippen LogP) is 4.69. The van der Waals surface area contributed by atoms with E-state index in [1.54, 1.807) is 6.92 Å². The van der Waals surface area contributed by atoms with Crippen molar-refractivity contribution >= 4 is 17.7 Å². The van der Waals surface area contributed by atoms with Crippen molar-refractivity contribution in [1.29, 1.82) is 0 Å². The molecule has 0 saturated heterocycles. The number of carbonyl (C=O) groups excluding carboxylic acids is 1. The van der Waals surface area contributed by atoms with Gasteiger partial charge in [0.2, 0.25) is 0 Å². The zero-order chi connectivity index (χ0) is 17.7. The average molecular weight is 362 g/mol. The van der Waals surface area contributed by atoms with E-state index in [0.29, 0.717) is 6.07 Å². The van der Waals surface area contributed by atoms with Crippen molar-refractivity contribution in [2.45, 2.75) is 36.5 Å². The number of alkyl halides is 6. The smallest absolute Gasteiger partial charge is 0.466 e. The van der Waals surface area contributed by atoms with Gasteiger partial charge < -0.3 is 9.47 Å². The van der Waals surface area contributed by atoms with Gasteiger partial charge >= 0.3 is 17.8 Å². The molecule has 0 atom stereocenters. The fraction of sp³-hybridized carbons (Fsp3) is 0.462. The van der Waals surface area contributed by atoms with Gasteiger partial charge in [-0.1, -0.05) is 6.07 Å². The van der Waals surface area contributed by atoms with Gasteiger partial charge in [-0.15, -0.1) is 13.2 Å². The van der Waals surface area contributed by atoms with Crippen LogP contribution < -0.4 is 4.74 Å². The van der Waals surface area contributed by atoms with Crippen molar-refractivity contribution in [2.24, 2.45) is 0 Å². The third-order valence-electron chi connectivity index (χ3n) is 2.40. The van der Waals surface area contributed by atoms with E-state index >= 15 is 0 Å². The van der Waals surface area contributed by atoms with Crippen LogP contribution in [0.15, 0.2) is 23.1 Å². The van der Waals surface area contributed by atoms with E-state index in [1.807, 2.05) is 0 Å². The molecule has 0 aliphatic rings. The molecule has 0 aliphatic heterocycles. The van der Waals surface area contributed by atoms with Crippen molar-refractivity contribution in [3.63, 3.8) is 0 Å². The summed E-state index contributed by atoms with van der Waals surface area (Å²) in [6.07, 6.45) is -5.28. The summed E-state index contributed by atoms with van der Waals surface area (Å²) in [5.41, 5.74) is -4.61. The normalized spacial score (nSPS) is 12.1. The monoisotopic (exact) mass is 362 g/mol. The van der Waals surface area contributed by atoms with Gasteiger partial charge in [-0.2, -0.15) is 13.2 Å². The minimum atomic E-state index is -5.01. The van der Waals surface area contributed by atoms with E-state index in [-0.39, 0.29) is 25.0 Å². The number of ether oxygens (including phenoxy) is 2. The van der Waals surface area contributed by atoms with Gasteiger partial charge in [0.05, 0.1) is 6.61 Å². The molecule has 1 rings (SSSR count). The van der Waals surface area contributed by atoms with Crippen LogP contribution in [0.1, 0.15) is 18.9 Å². The number of hydrogen-bond donors (Lipinski definition) is 0. The summed E-state index contributed by atoms with van der Waals surface area (Å²) in [6.45, 7) is 1.70. The lowest BCUT2D eigenvalue weighted by Gasteiger charge is -2.14. The maximum Gasteiger partial charge on any atom is 0.573 e. The van der Waals surface area contributed by atoms with Gasteiger partial charge in [-0.3, -0.25) is 4.79 Å². The van der Waals surface area contributed by atoms with Gasteiger partial charge in [0.1, 0.15) is 5.75 Å². The number of esters is 1. The first-order chi connectivity index (χ1) is 10.5. The zero-order valence-corrected chi connectivity index (χ0v) is 12.6. The largest absolute Gasteiger partial charge is 0.573 e. The molecule has 0 fully saturated rings.